The number of nitrogens with one attached hydrogen (secondary N) is 1. The summed E-state index contributed by atoms with van der Waals surface area (Å²) in [7, 11) is 1.90. The number of nitrogens with zero attached hydrogens (tertiary/aromatic N) is 2. The minimum Gasteiger partial charge on any atom is -0.325 e. The molecule has 0 saturated carbocycles. The highest BCUT2D eigenvalue weighted by atomic mass is 35.5. The van der Waals surface area contributed by atoms with Gasteiger partial charge in [-0.15, -0.1) is 11.3 Å². The molecule has 2 amide bonds. The van der Waals surface area contributed by atoms with E-state index < -0.39 is 0 Å². The zero-order valence-corrected chi connectivity index (χ0v) is 15.6. The molecule has 132 valence electrons. The lowest BCUT2D eigenvalue weighted by molar-refractivity contribution is -0.117. The normalized spacial score (nSPS) is 14.4. The number of thiophene rings is 1. The van der Waals surface area contributed by atoms with Gasteiger partial charge in [0.15, 0.2) is 0 Å². The topological polar surface area (TPSA) is 52.7 Å². The van der Waals surface area contributed by atoms with Crippen molar-refractivity contribution in [3.63, 3.8) is 0 Å². The van der Waals surface area contributed by atoms with Crippen LogP contribution in [0.15, 0.2) is 36.4 Å². The molecule has 0 spiro atoms. The predicted molar refractivity (Wildman–Crippen MR) is 102 cm³/mol. The summed E-state index contributed by atoms with van der Waals surface area (Å²) in [6, 6.07) is 11.3. The van der Waals surface area contributed by atoms with Crippen LogP contribution in [0.4, 0.5) is 11.4 Å². The van der Waals surface area contributed by atoms with Crippen molar-refractivity contribution in [2.24, 2.45) is 0 Å². The van der Waals surface area contributed by atoms with E-state index in [9.17, 15) is 9.59 Å². The van der Waals surface area contributed by atoms with E-state index in [1.807, 2.05) is 48.3 Å². The van der Waals surface area contributed by atoms with Crippen molar-refractivity contribution in [1.82, 2.24) is 4.90 Å². The molecule has 1 aliphatic rings. The second-order valence-electron chi connectivity index (χ2n) is 6.13. The number of hydrogen-bond acceptors (Lipinski definition) is 4. The maximum absolute atomic E-state index is 12.3. The molecule has 1 aliphatic heterocycles. The fraction of sp³-hybridized carbons (Fsp3) is 0.333. The lowest BCUT2D eigenvalue weighted by Gasteiger charge is -2.18. The Bertz CT molecular complexity index is 777. The zero-order valence-electron chi connectivity index (χ0n) is 14.0. The Morgan fingerprint density at radius 1 is 1.36 bits per heavy atom. The van der Waals surface area contributed by atoms with Gasteiger partial charge in [-0.25, -0.2) is 0 Å². The Kier molecular flexibility index (Phi) is 5.73. The summed E-state index contributed by atoms with van der Waals surface area (Å²) in [5, 5.41) is 2.90. The molecule has 1 saturated heterocycles. The van der Waals surface area contributed by atoms with Crippen LogP contribution < -0.4 is 10.2 Å². The summed E-state index contributed by atoms with van der Waals surface area (Å²) < 4.78 is 0.751. The largest absolute Gasteiger partial charge is 0.325 e. The van der Waals surface area contributed by atoms with Gasteiger partial charge in [0, 0.05) is 35.8 Å². The highest BCUT2D eigenvalue weighted by Gasteiger charge is 2.21. The smallest absolute Gasteiger partial charge is 0.238 e. The first-order valence-electron chi connectivity index (χ1n) is 8.14. The van der Waals surface area contributed by atoms with Crippen LogP contribution in [-0.2, 0) is 16.1 Å². The van der Waals surface area contributed by atoms with Gasteiger partial charge in [0.1, 0.15) is 0 Å². The molecule has 0 atom stereocenters. The van der Waals surface area contributed by atoms with Crippen LogP contribution >= 0.6 is 22.9 Å². The third-order valence-corrected chi connectivity index (χ3v) is 5.20. The van der Waals surface area contributed by atoms with Gasteiger partial charge in [-0.1, -0.05) is 17.7 Å². The Labute approximate surface area is 156 Å². The molecule has 2 aromatic rings. The van der Waals surface area contributed by atoms with Gasteiger partial charge in [-0.3, -0.25) is 14.5 Å². The first kappa shape index (κ1) is 17.9. The standard InChI is InChI=1S/C18H20ClN3O2S/c1-21(11-15-7-8-16(19)25-15)12-17(23)20-13-4-2-5-14(10-13)22-9-3-6-18(22)24/h2,4-5,7-8,10H,3,6,9,11-12H2,1H3,(H,20,23). The SMILES string of the molecule is CN(CC(=O)Nc1cccc(N2CCCC2=O)c1)Cc1ccc(Cl)s1. The van der Waals surface area contributed by atoms with Crippen molar-refractivity contribution in [2.75, 3.05) is 30.4 Å². The molecular formula is C18H20ClN3O2S. The number of carbonyl (C=O) groups is 2. The van der Waals surface area contributed by atoms with Crippen molar-refractivity contribution in [2.45, 2.75) is 19.4 Å². The number of likely N-dealkylation sites (N-methyl/N-ethyl adjacent to an activating group) is 1. The Morgan fingerprint density at radius 3 is 2.88 bits per heavy atom. The second-order valence-corrected chi connectivity index (χ2v) is 7.93. The number of carbonyl (C=O) groups excluding carboxylic acids is 2. The van der Waals surface area contributed by atoms with Gasteiger partial charge in [0.25, 0.3) is 0 Å². The van der Waals surface area contributed by atoms with Crippen molar-refractivity contribution < 1.29 is 9.59 Å². The molecule has 0 bridgehead atoms. The average molecular weight is 378 g/mol. The van der Waals surface area contributed by atoms with E-state index in [1.165, 1.54) is 11.3 Å². The summed E-state index contributed by atoms with van der Waals surface area (Å²) in [6.45, 7) is 1.69. The number of anilines is 2. The first-order chi connectivity index (χ1) is 12.0. The van der Waals surface area contributed by atoms with Crippen LogP contribution in [0.5, 0.6) is 0 Å². The number of halogens is 1. The molecule has 25 heavy (non-hydrogen) atoms. The van der Waals surface area contributed by atoms with Gasteiger partial charge in [-0.05, 0) is 43.8 Å². The molecule has 0 unspecified atom stereocenters. The van der Waals surface area contributed by atoms with Crippen LogP contribution in [0.2, 0.25) is 4.34 Å². The van der Waals surface area contributed by atoms with Crippen molar-refractivity contribution in [3.05, 3.63) is 45.6 Å². The third-order valence-electron chi connectivity index (χ3n) is 3.98. The van der Waals surface area contributed by atoms with Crippen LogP contribution in [0.25, 0.3) is 0 Å². The minimum atomic E-state index is -0.0879. The van der Waals surface area contributed by atoms with E-state index >= 15 is 0 Å². The van der Waals surface area contributed by atoms with E-state index in [2.05, 4.69) is 5.32 Å². The zero-order chi connectivity index (χ0) is 17.8. The van der Waals surface area contributed by atoms with E-state index in [1.54, 1.807) is 4.90 Å². The molecular weight excluding hydrogens is 358 g/mol. The highest BCUT2D eigenvalue weighted by molar-refractivity contribution is 7.16. The maximum Gasteiger partial charge on any atom is 0.238 e. The molecule has 1 fully saturated rings. The molecule has 3 rings (SSSR count). The minimum absolute atomic E-state index is 0.0879. The monoisotopic (exact) mass is 377 g/mol. The summed E-state index contributed by atoms with van der Waals surface area (Å²) in [5.74, 6) is 0.0490. The fourth-order valence-electron chi connectivity index (χ4n) is 2.88. The van der Waals surface area contributed by atoms with Gasteiger partial charge in [0.05, 0.1) is 10.9 Å². The number of hydrogen-bond donors (Lipinski definition) is 1. The summed E-state index contributed by atoms with van der Waals surface area (Å²) in [4.78, 5) is 28.9. The molecule has 1 N–H and O–H groups in total. The van der Waals surface area contributed by atoms with Gasteiger partial charge in [0.2, 0.25) is 11.8 Å². The first-order valence-corrected chi connectivity index (χ1v) is 9.34. The lowest BCUT2D eigenvalue weighted by atomic mass is 10.2. The Hall–Kier alpha value is -1.89. The predicted octanol–water partition coefficient (Wildman–Crippen LogP) is 3.60. The molecule has 2 heterocycles. The fourth-order valence-corrected chi connectivity index (χ4v) is 4.04. The van der Waals surface area contributed by atoms with Crippen molar-refractivity contribution in [1.29, 1.82) is 0 Å². The highest BCUT2D eigenvalue weighted by Crippen LogP contribution is 2.24. The van der Waals surface area contributed by atoms with Crippen LogP contribution in [0.1, 0.15) is 17.7 Å². The maximum atomic E-state index is 12.3. The van der Waals surface area contributed by atoms with Crippen molar-refractivity contribution >= 4 is 46.1 Å². The van der Waals surface area contributed by atoms with Gasteiger partial charge < -0.3 is 10.2 Å². The Balaban J connectivity index is 1.56. The number of benzene rings is 1. The third kappa shape index (κ3) is 4.81. The lowest BCUT2D eigenvalue weighted by Crippen LogP contribution is -2.29. The molecule has 1 aromatic heterocycles. The van der Waals surface area contributed by atoms with E-state index in [0.717, 1.165) is 27.9 Å². The quantitative estimate of drug-likeness (QED) is 0.836. The number of amides is 2. The molecule has 7 heteroatoms. The molecule has 5 nitrogen and oxygen atoms in total. The van der Waals surface area contributed by atoms with Crippen LogP contribution in [-0.4, -0.2) is 36.9 Å². The average Bonchev–Trinajstić information content (AvgIpc) is 3.15. The summed E-state index contributed by atoms with van der Waals surface area (Å²) >= 11 is 7.45. The van der Waals surface area contributed by atoms with Gasteiger partial charge in [-0.2, -0.15) is 0 Å². The van der Waals surface area contributed by atoms with Gasteiger partial charge >= 0.3 is 0 Å². The van der Waals surface area contributed by atoms with E-state index in [4.69, 9.17) is 11.6 Å². The van der Waals surface area contributed by atoms with Crippen LogP contribution in [0.3, 0.4) is 0 Å². The number of rotatable bonds is 6. The molecule has 1 aromatic carbocycles. The van der Waals surface area contributed by atoms with Crippen LogP contribution in [0, 0.1) is 0 Å². The summed E-state index contributed by atoms with van der Waals surface area (Å²) in [5.41, 5.74) is 1.54. The molecule has 0 radical (unpaired) electrons. The molecule has 0 aliphatic carbocycles. The summed E-state index contributed by atoms with van der Waals surface area (Å²) in [6.07, 6.45) is 1.47. The Morgan fingerprint density at radius 2 is 2.20 bits per heavy atom. The second kappa shape index (κ2) is 7.99. The van der Waals surface area contributed by atoms with Crippen molar-refractivity contribution in [3.8, 4) is 0 Å². The van der Waals surface area contributed by atoms with E-state index in [0.29, 0.717) is 18.7 Å². The van der Waals surface area contributed by atoms with E-state index in [-0.39, 0.29) is 18.4 Å².